The average Bonchev–Trinajstić information content (AvgIpc) is 2.60. The number of carbonyl (C=O) groups excluding carboxylic acids is 1. The van der Waals surface area contributed by atoms with Crippen LogP contribution in [-0.2, 0) is 14.8 Å². The van der Waals surface area contributed by atoms with E-state index in [0.29, 0.717) is 5.92 Å². The average molecular weight is 365 g/mol. The van der Waals surface area contributed by atoms with Crippen molar-refractivity contribution in [2.75, 3.05) is 39.8 Å². The number of rotatable bonds is 6. The summed E-state index contributed by atoms with van der Waals surface area (Å²) in [4.78, 5) is 16.7. The zero-order chi connectivity index (χ0) is 18.4. The standard InChI is InChI=1S/C18H27N3O3S/c1-15(2)14-20-10-12-21(13-11-20)18(22)9-6-16-4-7-17(8-5-16)25(23,24)19-3/h4-9,15,19H,10-14H2,1-3H3/b9-6+. The quantitative estimate of drug-likeness (QED) is 0.774. The van der Waals surface area contributed by atoms with Crippen molar-refractivity contribution in [1.29, 1.82) is 0 Å². The Balaban J connectivity index is 1.90. The molecule has 1 aromatic rings. The minimum absolute atomic E-state index is 0.00359. The zero-order valence-electron chi connectivity index (χ0n) is 15.1. The summed E-state index contributed by atoms with van der Waals surface area (Å²) in [5.74, 6) is 0.632. The van der Waals surface area contributed by atoms with Crippen LogP contribution in [0, 0.1) is 5.92 Å². The van der Waals surface area contributed by atoms with Crippen LogP contribution in [0.4, 0.5) is 0 Å². The van der Waals surface area contributed by atoms with Crippen molar-refractivity contribution in [1.82, 2.24) is 14.5 Å². The highest BCUT2D eigenvalue weighted by Crippen LogP contribution is 2.12. The summed E-state index contributed by atoms with van der Waals surface area (Å²) in [6, 6.07) is 6.44. The molecule has 1 saturated heterocycles. The summed E-state index contributed by atoms with van der Waals surface area (Å²) in [5.41, 5.74) is 0.793. The zero-order valence-corrected chi connectivity index (χ0v) is 15.9. The molecule has 6 nitrogen and oxygen atoms in total. The molecule has 1 amide bonds. The van der Waals surface area contributed by atoms with Crippen molar-refractivity contribution >= 4 is 22.0 Å². The Kier molecular flexibility index (Phi) is 6.75. The minimum atomic E-state index is -3.43. The van der Waals surface area contributed by atoms with E-state index in [4.69, 9.17) is 0 Å². The maximum atomic E-state index is 12.3. The van der Waals surface area contributed by atoms with Gasteiger partial charge in [-0.25, -0.2) is 13.1 Å². The number of hydrogen-bond donors (Lipinski definition) is 1. The lowest BCUT2D eigenvalue weighted by Gasteiger charge is -2.35. The van der Waals surface area contributed by atoms with Crippen molar-refractivity contribution in [3.05, 3.63) is 35.9 Å². The van der Waals surface area contributed by atoms with Crippen LogP contribution in [-0.4, -0.2) is 63.9 Å². The van der Waals surface area contributed by atoms with Gasteiger partial charge in [-0.15, -0.1) is 0 Å². The number of nitrogens with one attached hydrogen (secondary N) is 1. The third kappa shape index (κ3) is 5.66. The number of amides is 1. The molecule has 0 bridgehead atoms. The van der Waals surface area contributed by atoms with E-state index < -0.39 is 10.0 Å². The Morgan fingerprint density at radius 2 is 1.76 bits per heavy atom. The lowest BCUT2D eigenvalue weighted by atomic mass is 10.2. The first kappa shape index (κ1) is 19.6. The molecule has 1 heterocycles. The number of piperazine rings is 1. The molecule has 1 aliphatic rings. The number of hydrogen-bond acceptors (Lipinski definition) is 4. The van der Waals surface area contributed by atoms with Gasteiger partial charge in [0.25, 0.3) is 0 Å². The van der Waals surface area contributed by atoms with Crippen LogP contribution in [0.2, 0.25) is 0 Å². The molecule has 2 rings (SSSR count). The van der Waals surface area contributed by atoms with Crippen molar-refractivity contribution in [3.63, 3.8) is 0 Å². The van der Waals surface area contributed by atoms with E-state index in [0.717, 1.165) is 38.3 Å². The second-order valence-electron chi connectivity index (χ2n) is 6.63. The minimum Gasteiger partial charge on any atom is -0.337 e. The third-order valence-electron chi connectivity index (χ3n) is 4.18. The van der Waals surface area contributed by atoms with Gasteiger partial charge in [0.05, 0.1) is 4.90 Å². The molecule has 25 heavy (non-hydrogen) atoms. The number of carbonyl (C=O) groups is 1. The van der Waals surface area contributed by atoms with Crippen molar-refractivity contribution < 1.29 is 13.2 Å². The fourth-order valence-electron chi connectivity index (χ4n) is 2.82. The smallest absolute Gasteiger partial charge is 0.246 e. The second-order valence-corrected chi connectivity index (χ2v) is 8.52. The topological polar surface area (TPSA) is 69.7 Å². The summed E-state index contributed by atoms with van der Waals surface area (Å²) < 4.78 is 25.6. The molecule has 0 aliphatic carbocycles. The molecule has 0 radical (unpaired) electrons. The lowest BCUT2D eigenvalue weighted by Crippen LogP contribution is -2.49. The van der Waals surface area contributed by atoms with E-state index in [1.807, 2.05) is 4.90 Å². The van der Waals surface area contributed by atoms with Crippen LogP contribution in [0.15, 0.2) is 35.2 Å². The Morgan fingerprint density at radius 3 is 2.28 bits per heavy atom. The monoisotopic (exact) mass is 365 g/mol. The summed E-state index contributed by atoms with van der Waals surface area (Å²) in [6.07, 6.45) is 3.28. The summed E-state index contributed by atoms with van der Waals surface area (Å²) in [7, 11) is -2.05. The van der Waals surface area contributed by atoms with Gasteiger partial charge < -0.3 is 4.90 Å². The fourth-order valence-corrected chi connectivity index (χ4v) is 3.55. The molecular weight excluding hydrogens is 338 g/mol. The summed E-state index contributed by atoms with van der Waals surface area (Å²) >= 11 is 0. The van der Waals surface area contributed by atoms with Crippen LogP contribution < -0.4 is 4.72 Å². The molecule has 0 aromatic heterocycles. The summed E-state index contributed by atoms with van der Waals surface area (Å²) in [6.45, 7) is 8.79. The first-order valence-corrected chi connectivity index (χ1v) is 10.0. The van der Waals surface area contributed by atoms with Crippen LogP contribution >= 0.6 is 0 Å². The molecule has 0 unspecified atom stereocenters. The Hall–Kier alpha value is -1.70. The van der Waals surface area contributed by atoms with Gasteiger partial charge in [-0.05, 0) is 36.7 Å². The Morgan fingerprint density at radius 1 is 1.16 bits per heavy atom. The van der Waals surface area contributed by atoms with E-state index in [2.05, 4.69) is 23.5 Å². The highest BCUT2D eigenvalue weighted by Gasteiger charge is 2.19. The molecule has 138 valence electrons. The van der Waals surface area contributed by atoms with Gasteiger partial charge in [-0.2, -0.15) is 0 Å². The van der Waals surface area contributed by atoms with Gasteiger partial charge in [-0.3, -0.25) is 9.69 Å². The van der Waals surface area contributed by atoms with Crippen LogP contribution in [0.3, 0.4) is 0 Å². The molecule has 0 spiro atoms. The Bertz CT molecular complexity index is 704. The molecule has 7 heteroatoms. The summed E-state index contributed by atoms with van der Waals surface area (Å²) in [5, 5.41) is 0. The maximum absolute atomic E-state index is 12.3. The highest BCUT2D eigenvalue weighted by molar-refractivity contribution is 7.89. The normalized spacial score (nSPS) is 16.7. The predicted molar refractivity (Wildman–Crippen MR) is 99.6 cm³/mol. The SMILES string of the molecule is CNS(=O)(=O)c1ccc(/C=C/C(=O)N2CCN(CC(C)C)CC2)cc1. The van der Waals surface area contributed by atoms with E-state index in [1.165, 1.54) is 19.2 Å². The highest BCUT2D eigenvalue weighted by atomic mass is 32.2. The maximum Gasteiger partial charge on any atom is 0.246 e. The van der Waals surface area contributed by atoms with Gasteiger partial charge >= 0.3 is 0 Å². The number of sulfonamides is 1. The van der Waals surface area contributed by atoms with Crippen LogP contribution in [0.5, 0.6) is 0 Å². The van der Waals surface area contributed by atoms with Gasteiger partial charge in [0.15, 0.2) is 0 Å². The van der Waals surface area contributed by atoms with Crippen molar-refractivity contribution in [3.8, 4) is 0 Å². The number of benzene rings is 1. The van der Waals surface area contributed by atoms with E-state index in [1.54, 1.807) is 24.3 Å². The molecule has 1 aliphatic heterocycles. The van der Waals surface area contributed by atoms with Crippen LogP contribution in [0.25, 0.3) is 6.08 Å². The van der Waals surface area contributed by atoms with Gasteiger partial charge in [-0.1, -0.05) is 26.0 Å². The van der Waals surface area contributed by atoms with Gasteiger partial charge in [0, 0.05) is 38.8 Å². The van der Waals surface area contributed by atoms with Crippen molar-refractivity contribution in [2.45, 2.75) is 18.7 Å². The predicted octanol–water partition coefficient (Wildman–Crippen LogP) is 1.41. The van der Waals surface area contributed by atoms with Gasteiger partial charge in [0.1, 0.15) is 0 Å². The van der Waals surface area contributed by atoms with E-state index in [-0.39, 0.29) is 10.8 Å². The molecule has 0 saturated carbocycles. The second kappa shape index (κ2) is 8.60. The van der Waals surface area contributed by atoms with E-state index in [9.17, 15) is 13.2 Å². The third-order valence-corrected chi connectivity index (χ3v) is 5.62. The first-order valence-electron chi connectivity index (χ1n) is 8.55. The lowest BCUT2D eigenvalue weighted by molar-refractivity contribution is -0.127. The van der Waals surface area contributed by atoms with Crippen molar-refractivity contribution in [2.24, 2.45) is 5.92 Å². The first-order chi connectivity index (χ1) is 11.8. The largest absolute Gasteiger partial charge is 0.337 e. The molecule has 1 N–H and O–H groups in total. The molecule has 1 aromatic carbocycles. The van der Waals surface area contributed by atoms with E-state index >= 15 is 0 Å². The fraction of sp³-hybridized carbons (Fsp3) is 0.500. The molecule has 1 fully saturated rings. The number of nitrogens with zero attached hydrogens (tertiary/aromatic N) is 2. The Labute approximate surface area is 150 Å². The molecular formula is C18H27N3O3S. The van der Waals surface area contributed by atoms with Gasteiger partial charge in [0.2, 0.25) is 15.9 Å². The van der Waals surface area contributed by atoms with Crippen LogP contribution in [0.1, 0.15) is 19.4 Å². The molecule has 0 atom stereocenters.